The monoisotopic (exact) mass is 253 g/mol. The highest BCUT2D eigenvalue weighted by Gasteiger charge is 2.19. The van der Waals surface area contributed by atoms with Gasteiger partial charge in [-0.05, 0) is 31.2 Å². The molecule has 0 bridgehead atoms. The Labute approximate surface area is 106 Å². The van der Waals surface area contributed by atoms with Crippen LogP contribution in [0.15, 0.2) is 18.6 Å². The molecule has 2 rings (SSSR count). The highest BCUT2D eigenvalue weighted by molar-refractivity contribution is 7.95. The fourth-order valence-electron chi connectivity index (χ4n) is 2.24. The molecule has 3 N–H and O–H groups in total. The van der Waals surface area contributed by atoms with Gasteiger partial charge in [0.2, 0.25) is 0 Å². The lowest BCUT2D eigenvalue weighted by molar-refractivity contribution is 0.382. The van der Waals surface area contributed by atoms with E-state index in [2.05, 4.69) is 19.6 Å². The van der Waals surface area contributed by atoms with Gasteiger partial charge in [-0.2, -0.15) is 0 Å². The van der Waals surface area contributed by atoms with E-state index in [-0.39, 0.29) is 0 Å². The lowest BCUT2D eigenvalue weighted by Gasteiger charge is -2.32. The van der Waals surface area contributed by atoms with Gasteiger partial charge in [-0.1, -0.05) is 0 Å². The molecule has 0 radical (unpaired) electrons. The maximum Gasteiger partial charge on any atom is 0.131 e. The first-order chi connectivity index (χ1) is 8.40. The second-order valence-corrected chi connectivity index (χ2v) is 4.82. The number of hydrogen-bond donors (Lipinski definition) is 2. The van der Waals surface area contributed by atoms with Crippen molar-refractivity contribution < 1.29 is 0 Å². The van der Waals surface area contributed by atoms with Crippen LogP contribution >= 0.6 is 12.1 Å². The van der Waals surface area contributed by atoms with Crippen LogP contribution in [0, 0.1) is 5.92 Å². The summed E-state index contributed by atoms with van der Waals surface area (Å²) >= 11 is 1.21. The number of rotatable bonds is 5. The van der Waals surface area contributed by atoms with Crippen molar-refractivity contribution in [2.24, 2.45) is 11.1 Å². The summed E-state index contributed by atoms with van der Waals surface area (Å²) in [4.78, 5) is 10.6. The van der Waals surface area contributed by atoms with Crippen LogP contribution in [0.4, 0.5) is 5.82 Å². The van der Waals surface area contributed by atoms with Crippen molar-refractivity contribution in [1.82, 2.24) is 14.7 Å². The maximum absolute atomic E-state index is 5.33. The molecule has 0 spiro atoms. The average molecular weight is 253 g/mol. The molecule has 5 nitrogen and oxygen atoms in total. The van der Waals surface area contributed by atoms with E-state index in [1.807, 2.05) is 6.07 Å². The normalized spacial score (nSPS) is 17.4. The number of nitrogens with one attached hydrogen (secondary N) is 1. The molecule has 1 aromatic heterocycles. The molecule has 1 aromatic rings. The first kappa shape index (κ1) is 12.6. The van der Waals surface area contributed by atoms with Crippen LogP contribution in [0.2, 0.25) is 0 Å². The van der Waals surface area contributed by atoms with Gasteiger partial charge >= 0.3 is 0 Å². The minimum absolute atomic E-state index is 0.813. The number of aromatic nitrogens is 2. The smallest absolute Gasteiger partial charge is 0.131 e. The van der Waals surface area contributed by atoms with Crippen LogP contribution in [-0.4, -0.2) is 29.6 Å². The number of nitrogens with two attached hydrogens (primary N) is 1. The molecule has 0 amide bonds. The van der Waals surface area contributed by atoms with Crippen molar-refractivity contribution in [1.29, 1.82) is 0 Å². The van der Waals surface area contributed by atoms with Gasteiger partial charge in [0.15, 0.2) is 0 Å². The lowest BCUT2D eigenvalue weighted by Crippen LogP contribution is -2.34. The van der Waals surface area contributed by atoms with Gasteiger partial charge in [-0.15, -0.1) is 0 Å². The Bertz CT molecular complexity index is 313. The van der Waals surface area contributed by atoms with Crippen molar-refractivity contribution >= 4 is 18.0 Å². The van der Waals surface area contributed by atoms with E-state index in [0.717, 1.165) is 31.4 Å². The quantitative estimate of drug-likeness (QED) is 0.607. The van der Waals surface area contributed by atoms with Gasteiger partial charge in [0.25, 0.3) is 0 Å². The summed E-state index contributed by atoms with van der Waals surface area (Å²) < 4.78 is 3.10. The van der Waals surface area contributed by atoms with Gasteiger partial charge in [0, 0.05) is 38.0 Å². The largest absolute Gasteiger partial charge is 0.357 e. The van der Waals surface area contributed by atoms with Gasteiger partial charge in [-0.3, -0.25) is 9.86 Å². The predicted molar refractivity (Wildman–Crippen MR) is 71.4 cm³/mol. The number of anilines is 1. The summed E-state index contributed by atoms with van der Waals surface area (Å²) in [6.45, 7) is 3.19. The molecule has 0 aromatic carbocycles. The first-order valence-corrected chi connectivity index (χ1v) is 6.87. The molecular formula is C11H19N5S. The second-order valence-electron chi connectivity index (χ2n) is 4.30. The van der Waals surface area contributed by atoms with Crippen LogP contribution in [0.1, 0.15) is 19.3 Å². The number of hydrogen-bond acceptors (Lipinski definition) is 6. The molecule has 0 unspecified atom stereocenters. The SMILES string of the molecule is NSNCCC1CCN(c2ccncn2)CC1. The fourth-order valence-corrected chi connectivity index (χ4v) is 2.48. The maximum atomic E-state index is 5.33. The van der Waals surface area contributed by atoms with Crippen LogP contribution in [0.5, 0.6) is 0 Å². The van der Waals surface area contributed by atoms with Crippen molar-refractivity contribution in [3.8, 4) is 0 Å². The molecule has 0 atom stereocenters. The Morgan fingerprint density at radius 3 is 2.94 bits per heavy atom. The number of piperidine rings is 1. The molecule has 0 saturated carbocycles. The van der Waals surface area contributed by atoms with Crippen LogP contribution in [0.3, 0.4) is 0 Å². The summed E-state index contributed by atoms with van der Waals surface area (Å²) in [5, 5.41) is 5.33. The summed E-state index contributed by atoms with van der Waals surface area (Å²) in [6.07, 6.45) is 7.10. The van der Waals surface area contributed by atoms with Gasteiger partial charge in [0.1, 0.15) is 12.1 Å². The predicted octanol–water partition coefficient (Wildman–Crippen LogP) is 1.19. The zero-order valence-corrected chi connectivity index (χ0v) is 10.7. The Morgan fingerprint density at radius 2 is 2.29 bits per heavy atom. The van der Waals surface area contributed by atoms with E-state index in [0.29, 0.717) is 0 Å². The van der Waals surface area contributed by atoms with Gasteiger partial charge < -0.3 is 4.90 Å². The fraction of sp³-hybridized carbons (Fsp3) is 0.636. The molecule has 1 aliphatic heterocycles. The Hall–Kier alpha value is -0.850. The Balaban J connectivity index is 1.74. The zero-order valence-electron chi connectivity index (χ0n) is 9.88. The van der Waals surface area contributed by atoms with E-state index in [4.69, 9.17) is 5.14 Å². The third-order valence-electron chi connectivity index (χ3n) is 3.24. The van der Waals surface area contributed by atoms with Crippen molar-refractivity contribution in [3.63, 3.8) is 0 Å². The minimum atomic E-state index is 0.813. The van der Waals surface area contributed by atoms with Gasteiger partial charge in [-0.25, -0.2) is 9.97 Å². The average Bonchev–Trinajstić information content (AvgIpc) is 2.41. The van der Waals surface area contributed by atoms with Crippen molar-refractivity contribution in [2.45, 2.75) is 19.3 Å². The number of nitrogens with zero attached hydrogens (tertiary/aromatic N) is 3. The van der Waals surface area contributed by atoms with Crippen LogP contribution in [-0.2, 0) is 0 Å². The summed E-state index contributed by atoms with van der Waals surface area (Å²) in [6, 6.07) is 1.98. The van der Waals surface area contributed by atoms with Gasteiger partial charge in [0.05, 0.1) is 0 Å². The summed E-state index contributed by atoms with van der Waals surface area (Å²) in [7, 11) is 0. The molecular weight excluding hydrogens is 234 g/mol. The van der Waals surface area contributed by atoms with E-state index in [1.165, 1.54) is 31.4 Å². The highest BCUT2D eigenvalue weighted by Crippen LogP contribution is 2.23. The summed E-state index contributed by atoms with van der Waals surface area (Å²) in [5.74, 6) is 1.86. The Kier molecular flexibility index (Phi) is 5.03. The molecule has 6 heteroatoms. The summed E-state index contributed by atoms with van der Waals surface area (Å²) in [5.41, 5.74) is 0. The highest BCUT2D eigenvalue weighted by atomic mass is 32.2. The van der Waals surface area contributed by atoms with Crippen molar-refractivity contribution in [3.05, 3.63) is 18.6 Å². The molecule has 0 aliphatic carbocycles. The van der Waals surface area contributed by atoms with Crippen LogP contribution < -0.4 is 14.8 Å². The van der Waals surface area contributed by atoms with Crippen LogP contribution in [0.25, 0.3) is 0 Å². The molecule has 1 saturated heterocycles. The Morgan fingerprint density at radius 1 is 1.47 bits per heavy atom. The topological polar surface area (TPSA) is 67.1 Å². The molecule has 94 valence electrons. The van der Waals surface area contributed by atoms with E-state index < -0.39 is 0 Å². The van der Waals surface area contributed by atoms with E-state index in [9.17, 15) is 0 Å². The second kappa shape index (κ2) is 6.78. The third kappa shape index (κ3) is 3.83. The lowest BCUT2D eigenvalue weighted by atomic mass is 9.94. The van der Waals surface area contributed by atoms with Crippen molar-refractivity contribution in [2.75, 3.05) is 24.5 Å². The molecule has 17 heavy (non-hydrogen) atoms. The minimum Gasteiger partial charge on any atom is -0.357 e. The molecule has 1 fully saturated rings. The molecule has 2 heterocycles. The third-order valence-corrected chi connectivity index (χ3v) is 3.61. The molecule has 1 aliphatic rings. The van der Waals surface area contributed by atoms with E-state index in [1.54, 1.807) is 12.5 Å². The standard InChI is InChI=1S/C11H19N5S/c12-17-15-6-1-10-3-7-16(8-4-10)11-2-5-13-9-14-11/h2,5,9-10,15H,1,3-4,6-8,12H2. The first-order valence-electron chi connectivity index (χ1n) is 5.99. The van der Waals surface area contributed by atoms with E-state index >= 15 is 0 Å². The zero-order chi connectivity index (χ0) is 11.9.